The van der Waals surface area contributed by atoms with E-state index in [1.165, 1.54) is 176 Å². The normalized spacial score (nSPS) is 12.5. The van der Waals surface area contributed by atoms with E-state index in [1.54, 1.807) is 0 Å². The summed E-state index contributed by atoms with van der Waals surface area (Å²) >= 11 is 0. The second-order valence-corrected chi connectivity index (χ2v) is 39.1. The molecule has 0 fully saturated rings. The Morgan fingerprint density at radius 3 is 0.849 bits per heavy atom. The summed E-state index contributed by atoms with van der Waals surface area (Å²) in [7, 11) is 0. The third-order valence-electron chi connectivity index (χ3n) is 30.9. The summed E-state index contributed by atoms with van der Waals surface area (Å²) in [6.45, 7) is 4.67. The van der Waals surface area contributed by atoms with Crippen molar-refractivity contribution in [3.63, 3.8) is 0 Å². The van der Waals surface area contributed by atoms with Crippen LogP contribution >= 0.6 is 0 Å². The molecule has 6 aromatic heterocycles. The fourth-order valence-corrected chi connectivity index (χ4v) is 24.4. The molecular weight excluding hydrogens is 1770 g/mol. The highest BCUT2D eigenvalue weighted by molar-refractivity contribution is 6.31. The van der Waals surface area contributed by atoms with Crippen molar-refractivity contribution in [3.05, 3.63) is 484 Å². The van der Waals surface area contributed by atoms with Crippen LogP contribution in [0.2, 0.25) is 0 Å². The lowest BCUT2D eigenvalue weighted by Crippen LogP contribution is -2.14. The molecule has 0 atom stereocenters. The molecule has 0 radical (unpaired) electrons. The lowest BCUT2D eigenvalue weighted by molar-refractivity contribution is 0.660. The molecule has 0 saturated carbocycles. The molecule has 0 amide bonds. The molecule has 32 rings (SSSR count). The number of hydrogen-bond donors (Lipinski definition) is 0. The van der Waals surface area contributed by atoms with E-state index >= 15 is 0 Å². The minimum Gasteiger partial charge on any atom is -0.292 e. The smallest absolute Gasteiger partial charge is 0.238 e. The first-order valence-electron chi connectivity index (χ1n) is 50.0. The Morgan fingerprint density at radius 1 is 0.171 bits per heavy atom. The Bertz CT molecular complexity index is 10000. The summed E-state index contributed by atoms with van der Waals surface area (Å²) in [5.74, 6) is 3.37. The lowest BCUT2D eigenvalue weighted by Gasteiger charge is -2.22. The monoisotopic (exact) mass is 1860 g/mol. The fourth-order valence-electron chi connectivity index (χ4n) is 24.4. The molecule has 0 aliphatic heterocycles. The molecule has 22 aromatic carbocycles. The highest BCUT2D eigenvalue weighted by Gasteiger charge is 2.39. The van der Waals surface area contributed by atoms with Gasteiger partial charge in [0.2, 0.25) is 11.9 Å². The second kappa shape index (κ2) is 32.4. The molecule has 10 nitrogen and oxygen atoms in total. The van der Waals surface area contributed by atoms with Gasteiger partial charge in [0.05, 0.1) is 55.3 Å². The van der Waals surface area contributed by atoms with Gasteiger partial charge >= 0.3 is 0 Å². The summed E-state index contributed by atoms with van der Waals surface area (Å²) in [5, 5.41) is 16.2. The molecule has 0 spiro atoms. The third-order valence-corrected chi connectivity index (χ3v) is 30.9. The molecule has 0 bridgehead atoms. The Morgan fingerprint density at radius 2 is 0.452 bits per heavy atom. The van der Waals surface area contributed by atoms with E-state index in [4.69, 9.17) is 34.9 Å². The molecule has 678 valence electrons. The van der Waals surface area contributed by atoms with E-state index in [0.29, 0.717) is 23.5 Å². The van der Waals surface area contributed by atoms with Crippen molar-refractivity contribution in [1.82, 2.24) is 48.6 Å². The van der Waals surface area contributed by atoms with Crippen molar-refractivity contribution in [3.8, 4) is 174 Å². The van der Waals surface area contributed by atoms with Crippen LogP contribution in [0.5, 0.6) is 0 Å². The average molecular weight is 1860 g/mol. The molecule has 4 aliphatic carbocycles. The first-order valence-corrected chi connectivity index (χ1v) is 50.0. The molecular formula is C136H84N10. The maximum atomic E-state index is 5.50. The zero-order chi connectivity index (χ0) is 96.1. The van der Waals surface area contributed by atoms with E-state index in [9.17, 15) is 0 Å². The fraction of sp³-hybridized carbons (Fsp3) is 0.0221. The molecule has 0 saturated heterocycles. The Kier molecular flexibility index (Phi) is 18.3. The van der Waals surface area contributed by atoms with E-state index < -0.39 is 0 Å². The van der Waals surface area contributed by atoms with Crippen LogP contribution in [0.4, 0.5) is 0 Å². The maximum Gasteiger partial charge on any atom is 0.238 e. The van der Waals surface area contributed by atoms with Crippen LogP contribution in [-0.2, 0) is 5.41 Å². The summed E-state index contributed by atoms with van der Waals surface area (Å²) < 4.78 is 6.88. The van der Waals surface area contributed by atoms with Gasteiger partial charge < -0.3 is 0 Å². The summed E-state index contributed by atoms with van der Waals surface area (Å²) in [6.07, 6.45) is 0. The number of benzene rings is 22. The van der Waals surface area contributed by atoms with Crippen molar-refractivity contribution < 1.29 is 0 Å². The number of aromatic nitrogens is 10. The maximum absolute atomic E-state index is 5.50. The summed E-state index contributed by atoms with van der Waals surface area (Å²) in [5.41, 5.74) is 42.3. The zero-order valence-corrected chi connectivity index (χ0v) is 79.5. The van der Waals surface area contributed by atoms with Gasteiger partial charge in [0.25, 0.3) is 0 Å². The SMILES string of the molecule is CC1(C)c2ccccc2-c2c(-c3nc4ccccc4nc3-n3c4cccc5c4c4c(cccc43)-c3cccc4cccc-5c34)cccc21.c1ccc(-c2ccc(-c3nc(-c4ccc(-c5ccccc5)cc4)nc(-n4c5cccc6c5c5c(cccc54)-c4cccc5cccc-6c45)n3)cc2)cc1.c1ccc(-c2ccc(-c3nc(-n4c5cccc6c5c5c(cccc54)-c4cccc5cccc-6c45)nc4ccccc34)cc2)cc1. The van der Waals surface area contributed by atoms with Crippen LogP contribution in [0.1, 0.15) is 25.0 Å². The van der Waals surface area contributed by atoms with Gasteiger partial charge in [-0.1, -0.05) is 432 Å². The summed E-state index contributed by atoms with van der Waals surface area (Å²) in [6, 6.07) is 169. The highest BCUT2D eigenvalue weighted by Crippen LogP contribution is 2.57. The molecule has 6 heterocycles. The van der Waals surface area contributed by atoms with Gasteiger partial charge in [-0.3, -0.25) is 13.7 Å². The second-order valence-electron chi connectivity index (χ2n) is 39.1. The van der Waals surface area contributed by atoms with E-state index in [0.717, 1.165) is 106 Å². The first-order chi connectivity index (χ1) is 72.2. The quantitative estimate of drug-likeness (QED) is 0.134. The van der Waals surface area contributed by atoms with Crippen LogP contribution in [0.3, 0.4) is 0 Å². The van der Waals surface area contributed by atoms with Gasteiger partial charge in [0.1, 0.15) is 5.69 Å². The number of nitrogens with zero attached hydrogens (tertiary/aromatic N) is 10. The number of hydrogen-bond acceptors (Lipinski definition) is 7. The van der Waals surface area contributed by atoms with Gasteiger partial charge in [-0.15, -0.1) is 0 Å². The summed E-state index contributed by atoms with van der Waals surface area (Å²) in [4.78, 5) is 37.2. The minimum absolute atomic E-state index is 0.117. The van der Waals surface area contributed by atoms with Crippen molar-refractivity contribution in [2.75, 3.05) is 0 Å². The van der Waals surface area contributed by atoms with Gasteiger partial charge in [-0.2, -0.15) is 9.97 Å². The molecule has 10 heteroatoms. The molecule has 0 N–H and O–H groups in total. The Balaban J connectivity index is 0.000000102. The van der Waals surface area contributed by atoms with Crippen LogP contribution in [0.25, 0.3) is 294 Å². The Hall–Kier alpha value is -19.3. The van der Waals surface area contributed by atoms with E-state index in [1.807, 2.05) is 12.1 Å². The van der Waals surface area contributed by atoms with Crippen molar-refractivity contribution in [2.24, 2.45) is 0 Å². The van der Waals surface area contributed by atoms with Crippen LogP contribution in [0, 0.1) is 0 Å². The number of rotatable bonds is 10. The van der Waals surface area contributed by atoms with Crippen molar-refractivity contribution in [1.29, 1.82) is 0 Å². The molecule has 28 aromatic rings. The number of fused-ring (bicyclic) bond motifs is 11. The van der Waals surface area contributed by atoms with Crippen LogP contribution < -0.4 is 0 Å². The first kappa shape index (κ1) is 82.6. The average Bonchev–Trinajstić information content (AvgIpc) is 1.55. The molecule has 0 unspecified atom stereocenters. The van der Waals surface area contributed by atoms with Gasteiger partial charge in [0, 0.05) is 65.4 Å². The standard InChI is InChI=1S/C49H30N4.C45H29N3.C42H25N3/c1-3-11-31(12-4-1)33-23-27-36(28-24-33)47-50-48(37-29-25-34(26-30-37)32-13-5-2-6-14-32)52-49(51-47)53-42-21-9-19-40-38-17-7-15-35-16-8-18-39(44(35)38)41-20-10-22-43(53)46(41)45(40)42;1-45(2)33-20-4-3-14-31(33)40-32(19-9-21-34(40)45)43-44(47-36-23-6-5-22-35(36)46-43)48-37-24-10-17-29-27-15-7-12-26-13-8-16-28(39(26)27)30-18-11-25-38(48)42(30)41(29)37;1-2-10-26(11-3-1)27-22-24-29(25-23-27)41-34-14-4-5-19-35(34)43-42(44-41)45-36-20-8-17-32-30-15-6-12-28-13-7-16-31(38(28)30)33-18-9-21-37(45)40(33)39(32)36/h1-30H;3-25H,1-2H3;1-25H. The topological polar surface area (TPSA) is 105 Å². The largest absolute Gasteiger partial charge is 0.292 e. The number of para-hydroxylation sites is 3. The van der Waals surface area contributed by atoms with Gasteiger partial charge in [-0.25, -0.2) is 24.9 Å². The predicted octanol–water partition coefficient (Wildman–Crippen LogP) is 34.8. The van der Waals surface area contributed by atoms with Crippen LogP contribution in [0.15, 0.2) is 473 Å². The van der Waals surface area contributed by atoms with Gasteiger partial charge in [-0.05, 0) is 209 Å². The van der Waals surface area contributed by atoms with Crippen molar-refractivity contribution in [2.45, 2.75) is 19.3 Å². The van der Waals surface area contributed by atoms with E-state index in [2.05, 4.69) is 489 Å². The van der Waals surface area contributed by atoms with Crippen molar-refractivity contribution >= 4 is 120 Å². The zero-order valence-electron chi connectivity index (χ0n) is 79.5. The third kappa shape index (κ3) is 12.6. The highest BCUT2D eigenvalue weighted by atomic mass is 15.2. The predicted molar refractivity (Wildman–Crippen MR) is 603 cm³/mol. The molecule has 146 heavy (non-hydrogen) atoms. The molecule has 4 aliphatic rings. The van der Waals surface area contributed by atoms with Gasteiger partial charge in [0.15, 0.2) is 17.5 Å². The van der Waals surface area contributed by atoms with Crippen LogP contribution in [-0.4, -0.2) is 48.6 Å². The van der Waals surface area contributed by atoms with E-state index in [-0.39, 0.29) is 5.41 Å². The lowest BCUT2D eigenvalue weighted by atomic mass is 9.82. The minimum atomic E-state index is -0.117. The Labute approximate surface area is 840 Å².